The van der Waals surface area contributed by atoms with Crippen LogP contribution in [0.4, 0.5) is 5.69 Å². The first-order chi connectivity index (χ1) is 10.2. The number of nitrogens with zero attached hydrogens (tertiary/aromatic N) is 2. The molecule has 112 valence electrons. The fourth-order valence-corrected chi connectivity index (χ4v) is 2.61. The second-order valence-electron chi connectivity index (χ2n) is 5.30. The number of pyridine rings is 1. The smallest absolute Gasteiger partial charge is 0.245 e. The summed E-state index contributed by atoms with van der Waals surface area (Å²) in [5.41, 5.74) is 7.09. The third kappa shape index (κ3) is 3.14. The lowest BCUT2D eigenvalue weighted by molar-refractivity contribution is -0.124. The molecular formula is C14H18N4O2S. The van der Waals surface area contributed by atoms with Gasteiger partial charge in [0.15, 0.2) is 0 Å². The van der Waals surface area contributed by atoms with Crippen molar-refractivity contribution in [1.29, 1.82) is 0 Å². The maximum Gasteiger partial charge on any atom is 0.245 e. The predicted molar refractivity (Wildman–Crippen MR) is 83.2 cm³/mol. The number of nitrogens with two attached hydrogens (primary N) is 1. The van der Waals surface area contributed by atoms with Gasteiger partial charge in [-0.05, 0) is 25.0 Å². The third-order valence-electron chi connectivity index (χ3n) is 3.68. The minimum absolute atomic E-state index is 0.00468. The normalized spacial score (nSPS) is 21.9. The zero-order valence-corrected chi connectivity index (χ0v) is 12.4. The average Bonchev–Trinajstić information content (AvgIpc) is 3.31. The molecule has 6 nitrogen and oxygen atoms in total. The number of hydrogen-bond donors (Lipinski definition) is 2. The molecule has 0 aromatic carbocycles. The standard InChI is InChI=1S/C14H18N4O2S/c15-13(21)12-10(2-1-5-16-12)18-6-7-20-8-11(18)14(19)17-9-3-4-9/h1-2,5,9,11H,3-4,6-8H2,(H2,15,21)(H,17,19). The first kappa shape index (κ1) is 14.2. The van der Waals surface area contributed by atoms with Crippen molar-refractivity contribution in [1.82, 2.24) is 10.3 Å². The number of morpholine rings is 1. The number of carbonyl (C=O) groups is 1. The first-order valence-corrected chi connectivity index (χ1v) is 7.47. The Bertz CT molecular complexity index is 562. The van der Waals surface area contributed by atoms with E-state index in [0.29, 0.717) is 31.5 Å². The molecule has 0 spiro atoms. The van der Waals surface area contributed by atoms with E-state index < -0.39 is 0 Å². The van der Waals surface area contributed by atoms with Crippen molar-refractivity contribution in [2.45, 2.75) is 24.9 Å². The molecule has 2 aliphatic rings. The minimum Gasteiger partial charge on any atom is -0.388 e. The van der Waals surface area contributed by atoms with Crippen LogP contribution in [0.1, 0.15) is 18.5 Å². The zero-order chi connectivity index (χ0) is 14.8. The van der Waals surface area contributed by atoms with Crippen LogP contribution in [0.5, 0.6) is 0 Å². The van der Waals surface area contributed by atoms with Crippen LogP contribution in [0, 0.1) is 0 Å². The highest BCUT2D eigenvalue weighted by Gasteiger charge is 2.34. The van der Waals surface area contributed by atoms with Crippen LogP contribution in [0.2, 0.25) is 0 Å². The van der Waals surface area contributed by atoms with Gasteiger partial charge >= 0.3 is 0 Å². The minimum atomic E-state index is -0.364. The van der Waals surface area contributed by atoms with Crippen molar-refractivity contribution in [3.63, 3.8) is 0 Å². The van der Waals surface area contributed by atoms with Crippen LogP contribution in [0.25, 0.3) is 0 Å². The Morgan fingerprint density at radius 1 is 1.52 bits per heavy atom. The highest BCUT2D eigenvalue weighted by molar-refractivity contribution is 7.80. The van der Waals surface area contributed by atoms with E-state index in [9.17, 15) is 4.79 Å². The average molecular weight is 306 g/mol. The lowest BCUT2D eigenvalue weighted by Gasteiger charge is -2.37. The molecule has 1 aromatic heterocycles. The van der Waals surface area contributed by atoms with Crippen LogP contribution in [0.15, 0.2) is 18.3 Å². The molecule has 7 heteroatoms. The maximum atomic E-state index is 12.4. The van der Waals surface area contributed by atoms with E-state index in [2.05, 4.69) is 10.3 Å². The molecule has 1 saturated carbocycles. The second-order valence-corrected chi connectivity index (χ2v) is 5.74. The number of thiocarbonyl (C=S) groups is 1. The van der Waals surface area contributed by atoms with Crippen LogP contribution in [-0.4, -0.2) is 47.7 Å². The Morgan fingerprint density at radius 3 is 3.05 bits per heavy atom. The van der Waals surface area contributed by atoms with Crippen molar-refractivity contribution in [2.24, 2.45) is 5.73 Å². The number of amides is 1. The predicted octanol–water partition coefficient (Wildman–Crippen LogP) is 0.200. The van der Waals surface area contributed by atoms with Gasteiger partial charge in [0.25, 0.3) is 0 Å². The molecule has 1 saturated heterocycles. The van der Waals surface area contributed by atoms with Gasteiger partial charge in [0, 0.05) is 18.8 Å². The SMILES string of the molecule is NC(=S)c1ncccc1N1CCOCC1C(=O)NC1CC1. The van der Waals surface area contributed by atoms with Gasteiger partial charge in [0.2, 0.25) is 5.91 Å². The molecule has 0 radical (unpaired) electrons. The largest absolute Gasteiger partial charge is 0.388 e. The maximum absolute atomic E-state index is 12.4. The van der Waals surface area contributed by atoms with Gasteiger partial charge in [-0.2, -0.15) is 0 Å². The molecule has 1 aliphatic heterocycles. The number of hydrogen-bond acceptors (Lipinski definition) is 5. The third-order valence-corrected chi connectivity index (χ3v) is 3.88. The highest BCUT2D eigenvalue weighted by Crippen LogP contribution is 2.24. The van der Waals surface area contributed by atoms with E-state index in [0.717, 1.165) is 18.5 Å². The summed E-state index contributed by atoms with van der Waals surface area (Å²) in [6.07, 6.45) is 3.77. The molecule has 1 aliphatic carbocycles. The topological polar surface area (TPSA) is 80.5 Å². The Balaban J connectivity index is 1.86. The molecule has 3 rings (SSSR count). The van der Waals surface area contributed by atoms with Gasteiger partial charge in [0.05, 0.1) is 18.9 Å². The molecule has 2 fully saturated rings. The van der Waals surface area contributed by atoms with Crippen molar-refractivity contribution >= 4 is 28.8 Å². The van der Waals surface area contributed by atoms with E-state index in [1.807, 2.05) is 17.0 Å². The Kier molecular flexibility index (Phi) is 4.03. The van der Waals surface area contributed by atoms with Crippen molar-refractivity contribution in [3.8, 4) is 0 Å². The molecule has 3 N–H and O–H groups in total. The van der Waals surface area contributed by atoms with E-state index >= 15 is 0 Å². The van der Waals surface area contributed by atoms with Gasteiger partial charge in [-0.3, -0.25) is 9.78 Å². The number of rotatable bonds is 4. The molecule has 1 unspecified atom stereocenters. The lowest BCUT2D eigenvalue weighted by atomic mass is 10.1. The zero-order valence-electron chi connectivity index (χ0n) is 11.6. The van der Waals surface area contributed by atoms with Crippen molar-refractivity contribution in [3.05, 3.63) is 24.0 Å². The van der Waals surface area contributed by atoms with Gasteiger partial charge in [-0.1, -0.05) is 12.2 Å². The van der Waals surface area contributed by atoms with Gasteiger partial charge in [0.1, 0.15) is 16.7 Å². The second kappa shape index (κ2) is 5.95. The monoisotopic (exact) mass is 306 g/mol. The highest BCUT2D eigenvalue weighted by atomic mass is 32.1. The number of carbonyl (C=O) groups excluding carboxylic acids is 1. The Morgan fingerprint density at radius 2 is 2.33 bits per heavy atom. The summed E-state index contributed by atoms with van der Waals surface area (Å²) in [5.74, 6) is -0.00468. The molecule has 1 atom stereocenters. The fraction of sp³-hybridized carbons (Fsp3) is 0.500. The molecule has 21 heavy (non-hydrogen) atoms. The van der Waals surface area contributed by atoms with E-state index in [1.54, 1.807) is 6.20 Å². The summed E-state index contributed by atoms with van der Waals surface area (Å²) >= 11 is 5.06. The summed E-state index contributed by atoms with van der Waals surface area (Å²) in [7, 11) is 0. The summed E-state index contributed by atoms with van der Waals surface area (Å²) in [6, 6.07) is 3.67. The van der Waals surface area contributed by atoms with Crippen molar-refractivity contribution in [2.75, 3.05) is 24.7 Å². The fourth-order valence-electron chi connectivity index (χ4n) is 2.45. The summed E-state index contributed by atoms with van der Waals surface area (Å²) in [6.45, 7) is 1.55. The Hall–Kier alpha value is -1.73. The van der Waals surface area contributed by atoms with Crippen molar-refractivity contribution < 1.29 is 9.53 Å². The number of ether oxygens (including phenoxy) is 1. The van der Waals surface area contributed by atoms with E-state index in [-0.39, 0.29) is 16.9 Å². The molecule has 2 heterocycles. The van der Waals surface area contributed by atoms with E-state index in [4.69, 9.17) is 22.7 Å². The molecule has 1 amide bonds. The first-order valence-electron chi connectivity index (χ1n) is 7.06. The number of nitrogens with one attached hydrogen (secondary N) is 1. The van der Waals surface area contributed by atoms with Crippen LogP contribution in [0.3, 0.4) is 0 Å². The Labute approximate surface area is 128 Å². The van der Waals surface area contributed by atoms with E-state index in [1.165, 1.54) is 0 Å². The van der Waals surface area contributed by atoms with Crippen LogP contribution in [-0.2, 0) is 9.53 Å². The van der Waals surface area contributed by atoms with Crippen LogP contribution < -0.4 is 16.0 Å². The molecule has 1 aromatic rings. The molecule has 0 bridgehead atoms. The van der Waals surface area contributed by atoms with Crippen LogP contribution >= 0.6 is 12.2 Å². The quantitative estimate of drug-likeness (QED) is 0.774. The number of anilines is 1. The van der Waals surface area contributed by atoms with Gasteiger partial charge in [-0.15, -0.1) is 0 Å². The van der Waals surface area contributed by atoms with Gasteiger partial charge in [-0.25, -0.2) is 0 Å². The summed E-state index contributed by atoms with van der Waals surface area (Å²) < 4.78 is 5.47. The molecular weight excluding hydrogens is 288 g/mol. The number of aromatic nitrogens is 1. The lowest BCUT2D eigenvalue weighted by Crippen LogP contribution is -2.54. The summed E-state index contributed by atoms with van der Waals surface area (Å²) in [4.78, 5) is 18.9. The van der Waals surface area contributed by atoms with Gasteiger partial charge < -0.3 is 20.7 Å². The summed E-state index contributed by atoms with van der Waals surface area (Å²) in [5, 5.41) is 3.03.